The lowest BCUT2D eigenvalue weighted by atomic mass is 10.00. The van der Waals surface area contributed by atoms with E-state index >= 15 is 0 Å². The van der Waals surface area contributed by atoms with Gasteiger partial charge in [0.1, 0.15) is 29.2 Å². The molecule has 0 aliphatic carbocycles. The van der Waals surface area contributed by atoms with Gasteiger partial charge in [-0.1, -0.05) is 47.4 Å². The smallest absolute Gasteiger partial charge is 0.258 e. The average Bonchev–Trinajstić information content (AvgIpc) is 3.89. The molecule has 1 N–H and O–H groups in total. The number of rotatable bonds is 5. The summed E-state index contributed by atoms with van der Waals surface area (Å²) in [6.45, 7) is 5.08. The summed E-state index contributed by atoms with van der Waals surface area (Å²) < 4.78 is 18.6. The zero-order valence-electron chi connectivity index (χ0n) is 28.7. The molecule has 3 amide bonds. The highest BCUT2D eigenvalue weighted by atomic mass is 35.5. The van der Waals surface area contributed by atoms with Crippen molar-refractivity contribution in [3.05, 3.63) is 115 Å². The summed E-state index contributed by atoms with van der Waals surface area (Å²) in [6.07, 6.45) is 5.21. The predicted octanol–water partition coefficient (Wildman–Crippen LogP) is 5.28. The van der Waals surface area contributed by atoms with Gasteiger partial charge in [0.25, 0.3) is 5.91 Å². The maximum atomic E-state index is 14.8. The molecule has 3 aromatic heterocycles. The molecule has 0 saturated carbocycles. The minimum absolute atomic E-state index is 0.0610. The van der Waals surface area contributed by atoms with E-state index in [-0.39, 0.29) is 30.9 Å². The number of imide groups is 1. The molecular weight excluding hydrogens is 715 g/mol. The lowest BCUT2D eigenvalue weighted by Crippen LogP contribution is -2.52. The molecule has 0 radical (unpaired) electrons. The maximum absolute atomic E-state index is 14.8. The van der Waals surface area contributed by atoms with Gasteiger partial charge in [-0.3, -0.25) is 33.9 Å². The number of aliphatic imine (C=N–C) groups is 1. The summed E-state index contributed by atoms with van der Waals surface area (Å²) in [5.74, 6) is 12.3. The van der Waals surface area contributed by atoms with Gasteiger partial charge in [0.2, 0.25) is 11.8 Å². The van der Waals surface area contributed by atoms with Gasteiger partial charge in [-0.15, -0.1) is 21.5 Å². The third-order valence-corrected chi connectivity index (χ3v) is 10.9. The van der Waals surface area contributed by atoms with E-state index in [1.54, 1.807) is 23.6 Å². The second-order valence-corrected chi connectivity index (χ2v) is 14.3. The second kappa shape index (κ2) is 13.9. The Bertz CT molecular complexity index is 2510. The van der Waals surface area contributed by atoms with Gasteiger partial charge >= 0.3 is 0 Å². The largest absolute Gasteiger partial charge is 0.322 e. The number of aryl methyl sites for hydroxylation is 2. The van der Waals surface area contributed by atoms with Crippen LogP contribution in [0.4, 0.5) is 4.39 Å². The Kier molecular flexibility index (Phi) is 8.98. The minimum Gasteiger partial charge on any atom is -0.322 e. The van der Waals surface area contributed by atoms with Gasteiger partial charge in [0.15, 0.2) is 5.82 Å². The number of piperidine rings is 1. The van der Waals surface area contributed by atoms with Gasteiger partial charge in [-0.2, -0.15) is 5.10 Å². The number of unbranched alkanes of at least 4 members (excludes halogenated alkanes) is 1. The van der Waals surface area contributed by atoms with Gasteiger partial charge in [-0.05, 0) is 56.5 Å². The minimum atomic E-state index is -0.824. The van der Waals surface area contributed by atoms with E-state index in [4.69, 9.17) is 16.6 Å². The highest BCUT2D eigenvalue weighted by Crippen LogP contribution is 2.37. The van der Waals surface area contributed by atoms with E-state index < -0.39 is 23.7 Å². The van der Waals surface area contributed by atoms with Crippen LogP contribution in [-0.4, -0.2) is 58.9 Å². The van der Waals surface area contributed by atoms with Crippen LogP contribution in [0.3, 0.4) is 0 Å². The van der Waals surface area contributed by atoms with Crippen molar-refractivity contribution in [2.75, 3.05) is 0 Å². The number of hydrogen-bond donors (Lipinski definition) is 1. The first-order valence-corrected chi connectivity index (χ1v) is 18.2. The Morgan fingerprint density at radius 2 is 1.87 bits per heavy atom. The Morgan fingerprint density at radius 3 is 2.68 bits per heavy atom. The van der Waals surface area contributed by atoms with Crippen molar-refractivity contribution in [1.29, 1.82) is 0 Å². The van der Waals surface area contributed by atoms with E-state index in [1.807, 2.05) is 42.1 Å². The van der Waals surface area contributed by atoms with Crippen LogP contribution in [0, 0.1) is 43.3 Å². The zero-order valence-corrected chi connectivity index (χ0v) is 30.2. The van der Waals surface area contributed by atoms with Crippen molar-refractivity contribution in [3.63, 3.8) is 0 Å². The fraction of sp³-hybridized carbons (Fsp3) is 0.256. The fourth-order valence-corrected chi connectivity index (χ4v) is 8.17. The lowest BCUT2D eigenvalue weighted by Gasteiger charge is -2.29. The van der Waals surface area contributed by atoms with Crippen LogP contribution in [0.5, 0.6) is 0 Å². The number of benzene rings is 2. The number of aromatic nitrogens is 5. The quantitative estimate of drug-likeness (QED) is 0.148. The molecule has 53 heavy (non-hydrogen) atoms. The molecule has 0 spiro atoms. The molecule has 1 saturated heterocycles. The third kappa shape index (κ3) is 6.43. The Balaban J connectivity index is 0.949. The summed E-state index contributed by atoms with van der Waals surface area (Å²) in [5, 5.41) is 17.1. The van der Waals surface area contributed by atoms with E-state index in [9.17, 15) is 18.8 Å². The van der Waals surface area contributed by atoms with Crippen molar-refractivity contribution in [2.24, 2.45) is 4.99 Å². The van der Waals surface area contributed by atoms with Crippen molar-refractivity contribution in [1.82, 2.24) is 34.8 Å². The summed E-state index contributed by atoms with van der Waals surface area (Å²) >= 11 is 7.77. The van der Waals surface area contributed by atoms with Crippen molar-refractivity contribution in [3.8, 4) is 28.7 Å². The fourth-order valence-electron chi connectivity index (χ4n) is 6.81. The topological polar surface area (TPSA) is 127 Å². The molecule has 2 aromatic carbocycles. The van der Waals surface area contributed by atoms with Crippen LogP contribution >= 0.6 is 22.9 Å². The Labute approximate surface area is 312 Å². The van der Waals surface area contributed by atoms with E-state index in [0.717, 1.165) is 49.5 Å². The number of nitrogens with zero attached hydrogens (tertiary/aromatic N) is 7. The van der Waals surface area contributed by atoms with Gasteiger partial charge < -0.3 is 4.90 Å². The van der Waals surface area contributed by atoms with Crippen molar-refractivity contribution < 1.29 is 18.8 Å². The molecule has 3 aliphatic rings. The Hall–Kier alpha value is -5.89. The van der Waals surface area contributed by atoms with Gasteiger partial charge in [0, 0.05) is 59.4 Å². The van der Waals surface area contributed by atoms with Crippen LogP contribution in [0.15, 0.2) is 53.8 Å². The molecular formula is C39H30ClFN8O3S. The Morgan fingerprint density at radius 1 is 1.04 bits per heavy atom. The number of thiophene rings is 1. The van der Waals surface area contributed by atoms with E-state index in [0.29, 0.717) is 42.1 Å². The molecule has 5 aromatic rings. The first-order valence-electron chi connectivity index (χ1n) is 17.0. The van der Waals surface area contributed by atoms with E-state index in [1.165, 1.54) is 11.0 Å². The highest BCUT2D eigenvalue weighted by Gasteiger charge is 2.41. The van der Waals surface area contributed by atoms with Crippen molar-refractivity contribution >= 4 is 46.4 Å². The lowest BCUT2D eigenvalue weighted by molar-refractivity contribution is -0.136. The molecule has 14 heteroatoms. The summed E-state index contributed by atoms with van der Waals surface area (Å²) in [6, 6.07) is 9.64. The monoisotopic (exact) mass is 744 g/mol. The molecule has 11 nitrogen and oxygen atoms in total. The summed E-state index contributed by atoms with van der Waals surface area (Å²) in [4.78, 5) is 44.3. The number of amides is 3. The van der Waals surface area contributed by atoms with Crippen LogP contribution in [0.25, 0.3) is 5.00 Å². The molecule has 1 fully saturated rings. The molecule has 6 heterocycles. The molecule has 8 rings (SSSR count). The van der Waals surface area contributed by atoms with Crippen molar-refractivity contribution in [2.45, 2.75) is 65.2 Å². The van der Waals surface area contributed by atoms with Crippen LogP contribution in [0.2, 0.25) is 5.02 Å². The molecule has 1 atom stereocenters. The van der Waals surface area contributed by atoms with Crippen LogP contribution in [-0.2, 0) is 29.2 Å². The maximum Gasteiger partial charge on any atom is 0.258 e. The number of nitrogens with one attached hydrogen (secondary N) is 1. The van der Waals surface area contributed by atoms with Crippen LogP contribution in [0.1, 0.15) is 85.9 Å². The molecule has 1 unspecified atom stereocenters. The number of fused-ring (bicyclic) bond motifs is 4. The number of carbonyl (C=O) groups is 3. The number of hydrogen-bond acceptors (Lipinski definition) is 8. The first kappa shape index (κ1) is 34.2. The number of carbonyl (C=O) groups excluding carboxylic acids is 3. The van der Waals surface area contributed by atoms with Crippen LogP contribution < -0.4 is 5.32 Å². The van der Waals surface area contributed by atoms with E-state index in [2.05, 4.69) is 55.8 Å². The summed E-state index contributed by atoms with van der Waals surface area (Å²) in [5.41, 5.74) is 5.59. The third-order valence-electron chi connectivity index (χ3n) is 9.47. The summed E-state index contributed by atoms with van der Waals surface area (Å²) in [7, 11) is 0. The predicted molar refractivity (Wildman–Crippen MR) is 196 cm³/mol. The zero-order chi connectivity index (χ0) is 36.8. The molecule has 264 valence electrons. The normalized spacial score (nSPS) is 16.1. The molecule has 0 bridgehead atoms. The standard InChI is InChI=1S/C39H30ClFN8O3S/c1-22-31(53-39-34(22)36(26-8-11-27(40)12-9-26)42-19-32-46-45-23(2)49(32)39)15-7-24-18-43-47(20-24)17-5-3-4-6-25-10-13-29(41)35-28(25)21-48(38(35)52)30-14-16-33(50)44-37(30)51/h8-13,18,20,30H,3,5,14,16-17,19,21H2,1-2H3,(H,44,50,51). The second-order valence-electron chi connectivity index (χ2n) is 12.9. The average molecular weight is 745 g/mol. The first-order chi connectivity index (χ1) is 25.7. The highest BCUT2D eigenvalue weighted by molar-refractivity contribution is 7.15. The SMILES string of the molecule is Cc1c(C#Cc2cnn(CCCC#Cc3ccc(F)c4c3CN(C3CCC(=O)NC3=O)C4=O)c2)sc2c1C(c1ccc(Cl)cc1)=NCc1nnc(C)n1-2. The van der Waals surface area contributed by atoms with Gasteiger partial charge in [0.05, 0.1) is 27.9 Å². The number of halogens is 2. The molecule has 3 aliphatic heterocycles. The van der Waals surface area contributed by atoms with Gasteiger partial charge in [-0.25, -0.2) is 4.39 Å².